The van der Waals surface area contributed by atoms with Crippen molar-refractivity contribution in [3.05, 3.63) is 23.6 Å². The fourth-order valence-electron chi connectivity index (χ4n) is 1.59. The van der Waals surface area contributed by atoms with Gasteiger partial charge in [0.25, 0.3) is 0 Å². The molecule has 0 unspecified atom stereocenters. The fraction of sp³-hybridized carbons (Fsp3) is 0.222. The highest BCUT2D eigenvalue weighted by atomic mass is 19.1. The van der Waals surface area contributed by atoms with Crippen molar-refractivity contribution in [2.45, 2.75) is 6.92 Å². The summed E-state index contributed by atoms with van der Waals surface area (Å²) in [6.07, 6.45) is 0. The van der Waals surface area contributed by atoms with Crippen molar-refractivity contribution >= 4 is 16.6 Å². The third-order valence-electron chi connectivity index (χ3n) is 2.12. The van der Waals surface area contributed by atoms with E-state index in [0.29, 0.717) is 5.69 Å². The zero-order valence-electron chi connectivity index (χ0n) is 7.50. The van der Waals surface area contributed by atoms with Crippen molar-refractivity contribution in [3.63, 3.8) is 0 Å². The van der Waals surface area contributed by atoms with E-state index in [1.54, 1.807) is 11.7 Å². The highest BCUT2D eigenvalue weighted by Crippen LogP contribution is 2.24. The average Bonchev–Trinajstić information content (AvgIpc) is 2.27. The van der Waals surface area contributed by atoms with Crippen molar-refractivity contribution in [3.8, 4) is 0 Å². The zero-order valence-corrected chi connectivity index (χ0v) is 7.50. The molecule has 0 bridgehead atoms. The summed E-state index contributed by atoms with van der Waals surface area (Å²) in [5.74, 6) is -0.318. The van der Waals surface area contributed by atoms with Gasteiger partial charge in [0.15, 0.2) is 0 Å². The lowest BCUT2D eigenvalue weighted by molar-refractivity contribution is 0.630. The summed E-state index contributed by atoms with van der Waals surface area (Å²) < 4.78 is 14.6. The number of nitrogens with two attached hydrogens (primary N) is 1. The van der Waals surface area contributed by atoms with Crippen molar-refractivity contribution in [1.29, 1.82) is 0 Å². The number of rotatable bonds is 0. The third kappa shape index (κ3) is 1.06. The van der Waals surface area contributed by atoms with Gasteiger partial charge in [-0.05, 0) is 19.1 Å². The molecule has 13 heavy (non-hydrogen) atoms. The molecule has 4 heteroatoms. The summed E-state index contributed by atoms with van der Waals surface area (Å²) in [6.45, 7) is 1.83. The van der Waals surface area contributed by atoms with Crippen LogP contribution in [0, 0.1) is 12.7 Å². The largest absolute Gasteiger partial charge is 0.397 e. The number of aromatic nitrogens is 2. The normalized spacial score (nSPS) is 11.0. The molecular formula is C9H10FN3. The second kappa shape index (κ2) is 2.45. The van der Waals surface area contributed by atoms with E-state index < -0.39 is 0 Å². The lowest BCUT2D eigenvalue weighted by atomic mass is 10.2. The van der Waals surface area contributed by atoms with E-state index in [1.807, 2.05) is 6.92 Å². The maximum absolute atomic E-state index is 13.0. The molecule has 3 nitrogen and oxygen atoms in total. The molecule has 2 N–H and O–H groups in total. The van der Waals surface area contributed by atoms with Gasteiger partial charge in [-0.2, -0.15) is 5.10 Å². The van der Waals surface area contributed by atoms with Crippen LogP contribution in [0.4, 0.5) is 10.1 Å². The van der Waals surface area contributed by atoms with E-state index >= 15 is 0 Å². The van der Waals surface area contributed by atoms with Crippen LogP contribution in [-0.4, -0.2) is 9.78 Å². The van der Waals surface area contributed by atoms with E-state index in [2.05, 4.69) is 5.10 Å². The number of nitrogens with zero attached hydrogens (tertiary/aromatic N) is 2. The Bertz CT molecular complexity index is 473. The van der Waals surface area contributed by atoms with Gasteiger partial charge in [0, 0.05) is 12.4 Å². The summed E-state index contributed by atoms with van der Waals surface area (Å²) in [7, 11) is 1.80. The summed E-state index contributed by atoms with van der Waals surface area (Å²) in [6, 6.07) is 2.76. The molecular weight excluding hydrogens is 169 g/mol. The number of aryl methyl sites for hydroxylation is 2. The molecule has 2 rings (SSSR count). The van der Waals surface area contributed by atoms with Crippen LogP contribution in [0.15, 0.2) is 12.1 Å². The highest BCUT2D eigenvalue weighted by Gasteiger charge is 2.09. The fourth-order valence-corrected chi connectivity index (χ4v) is 1.59. The Labute approximate surface area is 75.0 Å². The molecule has 0 aliphatic heterocycles. The average molecular weight is 179 g/mol. The van der Waals surface area contributed by atoms with Gasteiger partial charge in [-0.15, -0.1) is 0 Å². The van der Waals surface area contributed by atoms with Crippen LogP contribution in [0.3, 0.4) is 0 Å². The van der Waals surface area contributed by atoms with Crippen LogP contribution in [-0.2, 0) is 7.05 Å². The number of hydrogen-bond acceptors (Lipinski definition) is 2. The first-order chi connectivity index (χ1) is 6.09. The topological polar surface area (TPSA) is 43.8 Å². The molecule has 0 aliphatic carbocycles. The molecule has 0 aliphatic rings. The number of hydrogen-bond donors (Lipinski definition) is 1. The first-order valence-corrected chi connectivity index (χ1v) is 3.98. The maximum Gasteiger partial charge on any atom is 0.126 e. The molecule has 0 amide bonds. The zero-order chi connectivity index (χ0) is 9.59. The molecule has 1 heterocycles. The molecule has 0 fully saturated rings. The predicted octanol–water partition coefficient (Wildman–Crippen LogP) is 1.60. The molecule has 1 aromatic carbocycles. The van der Waals surface area contributed by atoms with Gasteiger partial charge in [0.2, 0.25) is 0 Å². The molecule has 2 aromatic rings. The van der Waals surface area contributed by atoms with Crippen molar-refractivity contribution in [2.75, 3.05) is 5.73 Å². The predicted molar refractivity (Wildman–Crippen MR) is 49.8 cm³/mol. The number of benzene rings is 1. The van der Waals surface area contributed by atoms with Gasteiger partial charge in [-0.1, -0.05) is 0 Å². The van der Waals surface area contributed by atoms with Crippen molar-refractivity contribution < 1.29 is 4.39 Å². The number of fused-ring (bicyclic) bond motifs is 1. The van der Waals surface area contributed by atoms with Gasteiger partial charge in [0.1, 0.15) is 5.82 Å². The van der Waals surface area contributed by atoms with E-state index in [-0.39, 0.29) is 5.82 Å². The second-order valence-electron chi connectivity index (χ2n) is 3.10. The molecule has 0 radical (unpaired) electrons. The van der Waals surface area contributed by atoms with E-state index in [1.165, 1.54) is 12.1 Å². The molecule has 1 aromatic heterocycles. The minimum atomic E-state index is -0.318. The molecule has 68 valence electrons. The minimum Gasteiger partial charge on any atom is -0.397 e. The standard InChI is InChI=1S/C9H10FN3/c1-5-7-3-6(10)4-8(11)9(7)13(2)12-5/h3-4H,11H2,1-2H3. The summed E-state index contributed by atoms with van der Waals surface area (Å²) >= 11 is 0. The van der Waals surface area contributed by atoms with E-state index in [4.69, 9.17) is 5.73 Å². The molecule has 0 saturated carbocycles. The lowest BCUT2D eigenvalue weighted by Gasteiger charge is -1.98. The Hall–Kier alpha value is -1.58. The quantitative estimate of drug-likeness (QED) is 0.624. The Morgan fingerprint density at radius 1 is 1.46 bits per heavy atom. The molecule has 0 spiro atoms. The van der Waals surface area contributed by atoms with Crippen LogP contribution in [0.25, 0.3) is 10.9 Å². The Morgan fingerprint density at radius 3 is 2.85 bits per heavy atom. The van der Waals surface area contributed by atoms with Gasteiger partial charge in [0.05, 0.1) is 16.9 Å². The summed E-state index contributed by atoms with van der Waals surface area (Å²) in [5, 5.41) is 4.94. The monoisotopic (exact) mass is 179 g/mol. The summed E-state index contributed by atoms with van der Waals surface area (Å²) in [4.78, 5) is 0. The van der Waals surface area contributed by atoms with Crippen LogP contribution in [0.2, 0.25) is 0 Å². The number of halogens is 1. The van der Waals surface area contributed by atoms with E-state index in [9.17, 15) is 4.39 Å². The smallest absolute Gasteiger partial charge is 0.126 e. The Morgan fingerprint density at radius 2 is 2.15 bits per heavy atom. The number of nitrogen functional groups attached to an aromatic ring is 1. The molecule has 0 atom stereocenters. The first-order valence-electron chi connectivity index (χ1n) is 3.98. The molecule has 0 saturated heterocycles. The van der Waals surface area contributed by atoms with Crippen LogP contribution in [0.1, 0.15) is 5.69 Å². The highest BCUT2D eigenvalue weighted by molar-refractivity contribution is 5.91. The second-order valence-corrected chi connectivity index (χ2v) is 3.10. The van der Waals surface area contributed by atoms with Crippen molar-refractivity contribution in [2.24, 2.45) is 7.05 Å². The maximum atomic E-state index is 13.0. The number of anilines is 1. The first kappa shape index (κ1) is 8.04. The van der Waals surface area contributed by atoms with Crippen LogP contribution < -0.4 is 5.73 Å². The van der Waals surface area contributed by atoms with E-state index in [0.717, 1.165) is 16.6 Å². The van der Waals surface area contributed by atoms with Gasteiger partial charge in [-0.3, -0.25) is 4.68 Å². The summed E-state index contributed by atoms with van der Waals surface area (Å²) in [5.41, 5.74) is 7.68. The Balaban J connectivity index is 2.97. The van der Waals surface area contributed by atoms with Gasteiger partial charge in [-0.25, -0.2) is 4.39 Å². The minimum absolute atomic E-state index is 0.318. The van der Waals surface area contributed by atoms with Gasteiger partial charge < -0.3 is 5.73 Å². The SMILES string of the molecule is Cc1nn(C)c2c(N)cc(F)cc12. The lowest BCUT2D eigenvalue weighted by Crippen LogP contribution is -1.95. The van der Waals surface area contributed by atoms with Crippen LogP contribution in [0.5, 0.6) is 0 Å². The van der Waals surface area contributed by atoms with Crippen molar-refractivity contribution in [1.82, 2.24) is 9.78 Å². The Kier molecular flexibility index (Phi) is 1.52. The van der Waals surface area contributed by atoms with Crippen LogP contribution >= 0.6 is 0 Å². The third-order valence-corrected chi connectivity index (χ3v) is 2.12. The van der Waals surface area contributed by atoms with Gasteiger partial charge >= 0.3 is 0 Å².